The lowest BCUT2D eigenvalue weighted by molar-refractivity contribution is 0.406. The molecule has 0 aliphatic rings. The van der Waals surface area contributed by atoms with Gasteiger partial charge in [0.25, 0.3) is 0 Å². The quantitative estimate of drug-likeness (QED) is 0.511. The number of hydrogen-bond acceptors (Lipinski definition) is 3. The van der Waals surface area contributed by atoms with E-state index in [1.54, 1.807) is 0 Å². The van der Waals surface area contributed by atoms with E-state index in [2.05, 4.69) is 39.3 Å². The van der Waals surface area contributed by atoms with Crippen molar-refractivity contribution in [3.8, 4) is 0 Å². The van der Waals surface area contributed by atoms with E-state index in [1.807, 2.05) is 0 Å². The second-order valence-corrected chi connectivity index (χ2v) is 4.52. The summed E-state index contributed by atoms with van der Waals surface area (Å²) in [5.74, 6) is 0. The third-order valence-corrected chi connectivity index (χ3v) is 0.192. The van der Waals surface area contributed by atoms with E-state index < -0.39 is 8.26 Å². The van der Waals surface area contributed by atoms with Crippen LogP contribution in [-0.4, -0.2) is 8.42 Å². The summed E-state index contributed by atoms with van der Waals surface area (Å²) in [6.07, 6.45) is 2.62. The Morgan fingerprint density at radius 1 is 1.20 bits per heavy atom. The Labute approximate surface area is 68.8 Å². The van der Waals surface area contributed by atoms with Gasteiger partial charge in [-0.2, -0.15) is 8.42 Å². The van der Waals surface area contributed by atoms with E-state index in [-0.39, 0.29) is 0 Å². The standard InChI is InChI=1S/C4H6O.Cl2O2S/c1-3-5-4-2;1-5(2,3)4/h3-4H,1-2H2;. The van der Waals surface area contributed by atoms with Crippen molar-refractivity contribution in [2.75, 3.05) is 0 Å². The summed E-state index contributed by atoms with van der Waals surface area (Å²) >= 11 is 0. The molecule has 10 heavy (non-hydrogen) atoms. The van der Waals surface area contributed by atoms with Gasteiger partial charge in [0.2, 0.25) is 0 Å². The SMILES string of the molecule is C=COC=C.O=S(=O)(Cl)Cl. The zero-order chi connectivity index (χ0) is 8.62. The lowest BCUT2D eigenvalue weighted by Gasteiger charge is -1.76. The summed E-state index contributed by atoms with van der Waals surface area (Å²) < 4.78 is 22.7. The first-order valence-electron chi connectivity index (χ1n) is 1.93. The highest BCUT2D eigenvalue weighted by Gasteiger charge is 1.88. The Bertz CT molecular complexity index is 171. The lowest BCUT2D eigenvalue weighted by Crippen LogP contribution is -1.63. The molecule has 0 fully saturated rings. The normalized spacial score (nSPS) is 8.60. The molecule has 0 radical (unpaired) electrons. The Hall–Kier alpha value is -0.190. The summed E-state index contributed by atoms with van der Waals surface area (Å²) in [6.45, 7) is 6.51. The topological polar surface area (TPSA) is 43.4 Å². The molecule has 0 N–H and O–H groups in total. The minimum Gasteiger partial charge on any atom is -0.474 e. The molecule has 0 saturated carbocycles. The molecule has 60 valence electrons. The van der Waals surface area contributed by atoms with Crippen molar-refractivity contribution in [3.63, 3.8) is 0 Å². The molecule has 0 saturated heterocycles. The predicted molar refractivity (Wildman–Crippen MR) is 42.1 cm³/mol. The third kappa shape index (κ3) is 111. The summed E-state index contributed by atoms with van der Waals surface area (Å²) in [7, 11) is 4.81. The van der Waals surface area contributed by atoms with Gasteiger partial charge in [-0.05, 0) is 0 Å². The summed E-state index contributed by atoms with van der Waals surface area (Å²) in [6, 6.07) is 0. The number of rotatable bonds is 2. The molecule has 0 heterocycles. The van der Waals surface area contributed by atoms with Gasteiger partial charge >= 0.3 is 8.26 Å². The van der Waals surface area contributed by atoms with E-state index >= 15 is 0 Å². The second-order valence-electron chi connectivity index (χ2n) is 0.848. The van der Waals surface area contributed by atoms with Gasteiger partial charge in [-0.15, -0.1) is 0 Å². The number of halogens is 2. The highest BCUT2D eigenvalue weighted by atomic mass is 36.0. The zero-order valence-electron chi connectivity index (χ0n) is 4.96. The van der Waals surface area contributed by atoms with Crippen LogP contribution in [0.3, 0.4) is 0 Å². The van der Waals surface area contributed by atoms with Gasteiger partial charge in [-0.3, -0.25) is 0 Å². The minimum atomic E-state index is -3.72. The van der Waals surface area contributed by atoms with Crippen LogP contribution in [0.1, 0.15) is 0 Å². The molecule has 0 aromatic rings. The maximum atomic E-state index is 9.16. The van der Waals surface area contributed by atoms with Gasteiger partial charge < -0.3 is 4.74 Å². The lowest BCUT2D eigenvalue weighted by atomic mass is 11.1. The Kier molecular flexibility index (Phi) is 8.64. The van der Waals surface area contributed by atoms with E-state index in [0.717, 1.165) is 0 Å². The van der Waals surface area contributed by atoms with Crippen molar-refractivity contribution in [1.82, 2.24) is 0 Å². The molecule has 0 aliphatic heterocycles. The molecule has 6 heteroatoms. The van der Waals surface area contributed by atoms with Crippen molar-refractivity contribution in [1.29, 1.82) is 0 Å². The number of hydrogen-bond donors (Lipinski definition) is 0. The third-order valence-electron chi connectivity index (χ3n) is 0.192. The molecule has 0 amide bonds. The van der Waals surface area contributed by atoms with Gasteiger partial charge in [0, 0.05) is 21.4 Å². The summed E-state index contributed by atoms with van der Waals surface area (Å²) in [5.41, 5.74) is 0. The van der Waals surface area contributed by atoms with Crippen LogP contribution in [-0.2, 0) is 13.0 Å². The maximum absolute atomic E-state index is 9.16. The number of ether oxygens (including phenoxy) is 1. The van der Waals surface area contributed by atoms with Crippen molar-refractivity contribution in [3.05, 3.63) is 25.7 Å². The highest BCUT2D eigenvalue weighted by Crippen LogP contribution is 1.98. The first kappa shape index (κ1) is 12.5. The van der Waals surface area contributed by atoms with Crippen LogP contribution in [0, 0.1) is 0 Å². The summed E-state index contributed by atoms with van der Waals surface area (Å²) in [5, 5.41) is 0. The van der Waals surface area contributed by atoms with Crippen LogP contribution in [0.15, 0.2) is 25.7 Å². The van der Waals surface area contributed by atoms with E-state index in [1.165, 1.54) is 12.5 Å². The van der Waals surface area contributed by atoms with E-state index in [4.69, 9.17) is 8.42 Å². The second kappa shape index (κ2) is 6.92. The molecule has 0 unspecified atom stereocenters. The highest BCUT2D eigenvalue weighted by molar-refractivity contribution is 8.31. The van der Waals surface area contributed by atoms with Crippen molar-refractivity contribution in [2.45, 2.75) is 0 Å². The smallest absolute Gasteiger partial charge is 0.317 e. The van der Waals surface area contributed by atoms with Gasteiger partial charge in [0.1, 0.15) is 0 Å². The molecular weight excluding hydrogens is 199 g/mol. The van der Waals surface area contributed by atoms with Gasteiger partial charge in [0.05, 0.1) is 12.5 Å². The maximum Gasteiger partial charge on any atom is 0.317 e. The van der Waals surface area contributed by atoms with Crippen molar-refractivity contribution in [2.24, 2.45) is 0 Å². The molecule has 0 bridgehead atoms. The summed E-state index contributed by atoms with van der Waals surface area (Å²) in [4.78, 5) is 0. The minimum absolute atomic E-state index is 1.31. The average Bonchev–Trinajstić information content (AvgIpc) is 1.63. The Morgan fingerprint density at radius 3 is 1.40 bits per heavy atom. The molecule has 0 aromatic heterocycles. The van der Waals surface area contributed by atoms with E-state index in [0.29, 0.717) is 0 Å². The fraction of sp³-hybridized carbons (Fsp3) is 0. The Balaban J connectivity index is 0. The van der Waals surface area contributed by atoms with Crippen LogP contribution < -0.4 is 0 Å². The monoisotopic (exact) mass is 204 g/mol. The first-order valence-corrected chi connectivity index (χ1v) is 5.07. The predicted octanol–water partition coefficient (Wildman–Crippen LogP) is 2.00. The molecule has 3 nitrogen and oxygen atoms in total. The van der Waals surface area contributed by atoms with Crippen LogP contribution in [0.4, 0.5) is 0 Å². The van der Waals surface area contributed by atoms with Crippen molar-refractivity contribution < 1.29 is 13.2 Å². The van der Waals surface area contributed by atoms with Crippen LogP contribution in [0.2, 0.25) is 0 Å². The van der Waals surface area contributed by atoms with Gasteiger partial charge in [-0.1, -0.05) is 13.2 Å². The van der Waals surface area contributed by atoms with E-state index in [9.17, 15) is 0 Å². The molecule has 0 atom stereocenters. The van der Waals surface area contributed by atoms with Gasteiger partial charge in [0.15, 0.2) is 0 Å². The molecular formula is C4H6Cl2O3S. The molecule has 0 aliphatic carbocycles. The molecule has 0 spiro atoms. The first-order chi connectivity index (χ1) is 4.41. The van der Waals surface area contributed by atoms with Crippen LogP contribution in [0.25, 0.3) is 0 Å². The zero-order valence-corrected chi connectivity index (χ0v) is 7.29. The fourth-order valence-electron chi connectivity index (χ4n) is 0.0680. The van der Waals surface area contributed by atoms with Crippen LogP contribution >= 0.6 is 21.4 Å². The van der Waals surface area contributed by atoms with Gasteiger partial charge in [-0.25, -0.2) is 0 Å². The van der Waals surface area contributed by atoms with Crippen LogP contribution in [0.5, 0.6) is 0 Å². The average molecular weight is 205 g/mol. The molecule has 0 aromatic carbocycles. The largest absolute Gasteiger partial charge is 0.474 e. The Morgan fingerprint density at radius 2 is 1.40 bits per heavy atom. The molecule has 0 rings (SSSR count). The fourth-order valence-corrected chi connectivity index (χ4v) is 0.0680. The van der Waals surface area contributed by atoms with Crippen molar-refractivity contribution >= 4 is 29.6 Å².